The normalized spacial score (nSPS) is 10.9. The summed E-state index contributed by atoms with van der Waals surface area (Å²) in [5.41, 5.74) is 6.32. The molecule has 0 aliphatic heterocycles. The van der Waals surface area contributed by atoms with Gasteiger partial charge in [-0.2, -0.15) is 0 Å². The molecule has 0 saturated carbocycles. The highest BCUT2D eigenvalue weighted by Gasteiger charge is 2.11. The molecule has 4 rings (SSSR count). The van der Waals surface area contributed by atoms with Gasteiger partial charge >= 0.3 is 0 Å². The van der Waals surface area contributed by atoms with Crippen LogP contribution in [0, 0.1) is 6.92 Å². The van der Waals surface area contributed by atoms with Gasteiger partial charge in [0, 0.05) is 17.7 Å². The number of aryl methyl sites for hydroxylation is 1. The van der Waals surface area contributed by atoms with Crippen molar-refractivity contribution in [2.75, 3.05) is 0 Å². The second kappa shape index (κ2) is 7.56. The third-order valence-corrected chi connectivity index (χ3v) is 4.74. The van der Waals surface area contributed by atoms with Crippen molar-refractivity contribution in [3.8, 4) is 33.9 Å². The average molecular weight is 369 g/mol. The van der Waals surface area contributed by atoms with E-state index < -0.39 is 0 Å². The summed E-state index contributed by atoms with van der Waals surface area (Å²) >= 11 is 0. The second-order valence-corrected chi connectivity index (χ2v) is 6.90. The second-order valence-electron chi connectivity index (χ2n) is 6.20. The third kappa shape index (κ3) is 3.81. The Morgan fingerprint density at radius 3 is 2.15 bits per heavy atom. The van der Waals surface area contributed by atoms with Crippen molar-refractivity contribution >= 4 is 13.8 Å². The number of pyridine rings is 3. The molecular weight excluding hydrogens is 353 g/mol. The summed E-state index contributed by atoms with van der Waals surface area (Å²) in [6, 6.07) is 21.7. The molecule has 0 fully saturated rings. The number of hydrogen-bond acceptors (Lipinski definition) is 4. The van der Waals surface area contributed by atoms with E-state index in [1.165, 1.54) is 5.56 Å². The van der Waals surface area contributed by atoms with Crippen molar-refractivity contribution in [2.24, 2.45) is 0 Å². The molecule has 0 spiro atoms. The third-order valence-electron chi connectivity index (χ3n) is 4.25. The van der Waals surface area contributed by atoms with Crippen LogP contribution in [0.4, 0.5) is 0 Å². The number of benzene rings is 1. The van der Waals surface area contributed by atoms with Crippen LogP contribution in [0.2, 0.25) is 0 Å². The summed E-state index contributed by atoms with van der Waals surface area (Å²) in [5, 5.41) is 0.668. The van der Waals surface area contributed by atoms with E-state index in [9.17, 15) is 4.57 Å². The van der Waals surface area contributed by atoms with Crippen molar-refractivity contribution in [3.63, 3.8) is 0 Å². The Hall–Kier alpha value is -3.23. The van der Waals surface area contributed by atoms with E-state index in [4.69, 9.17) is 4.98 Å². The number of nitrogens with zero attached hydrogens (tertiary/aromatic N) is 3. The standard InChI is InChI=1S/C22H16N3OP/c1-15-5-7-16(8-6-15)17-12-21(19-4-2-3-10-23-19)25-22(13-17)20-14-18(27-26)9-11-24-20/h2-14H,1H3. The molecule has 4 aromatic rings. The molecule has 1 aromatic carbocycles. The zero-order valence-electron chi connectivity index (χ0n) is 14.7. The first-order chi connectivity index (χ1) is 13.2. The monoisotopic (exact) mass is 369 g/mol. The maximum absolute atomic E-state index is 11.2. The average Bonchev–Trinajstić information content (AvgIpc) is 2.74. The number of hydrogen-bond donors (Lipinski definition) is 0. The van der Waals surface area contributed by atoms with Crippen LogP contribution >= 0.6 is 8.46 Å². The van der Waals surface area contributed by atoms with Crippen LogP contribution in [-0.4, -0.2) is 15.0 Å². The zero-order valence-corrected chi connectivity index (χ0v) is 15.6. The summed E-state index contributed by atoms with van der Waals surface area (Å²) < 4.78 is 11.2. The molecule has 4 nitrogen and oxygen atoms in total. The van der Waals surface area contributed by atoms with Gasteiger partial charge in [-0.25, -0.2) is 4.98 Å². The topological polar surface area (TPSA) is 55.7 Å². The maximum atomic E-state index is 11.2. The minimum atomic E-state index is -0.0349. The van der Waals surface area contributed by atoms with Gasteiger partial charge in [-0.1, -0.05) is 35.9 Å². The van der Waals surface area contributed by atoms with Gasteiger partial charge < -0.3 is 0 Å². The molecule has 5 heteroatoms. The van der Waals surface area contributed by atoms with Crippen molar-refractivity contribution in [2.45, 2.75) is 6.92 Å². The fourth-order valence-electron chi connectivity index (χ4n) is 2.84. The van der Waals surface area contributed by atoms with Gasteiger partial charge in [0.05, 0.1) is 22.8 Å². The lowest BCUT2D eigenvalue weighted by Crippen LogP contribution is -1.98. The summed E-state index contributed by atoms with van der Waals surface area (Å²) in [6.07, 6.45) is 3.40. The molecule has 130 valence electrons. The molecule has 0 N–H and O–H groups in total. The van der Waals surface area contributed by atoms with Crippen molar-refractivity contribution in [1.82, 2.24) is 15.0 Å². The molecule has 0 amide bonds. The summed E-state index contributed by atoms with van der Waals surface area (Å²) in [4.78, 5) is 13.6. The minimum absolute atomic E-state index is 0.0349. The summed E-state index contributed by atoms with van der Waals surface area (Å²) in [6.45, 7) is 2.07. The minimum Gasteiger partial charge on any atom is -0.269 e. The predicted octanol–water partition coefficient (Wildman–Crippen LogP) is 5.10. The lowest BCUT2D eigenvalue weighted by atomic mass is 10.0. The Morgan fingerprint density at radius 1 is 0.704 bits per heavy atom. The number of rotatable bonds is 4. The van der Waals surface area contributed by atoms with Gasteiger partial charge in [-0.15, -0.1) is 0 Å². The highest BCUT2D eigenvalue weighted by Crippen LogP contribution is 2.29. The molecule has 0 bridgehead atoms. The SMILES string of the molecule is Cc1ccc(-c2cc(-c3ccccn3)nc(-c3cc(P=O)ccn3)c2)cc1. The first-order valence-electron chi connectivity index (χ1n) is 8.53. The van der Waals surface area contributed by atoms with Crippen LogP contribution in [0.1, 0.15) is 5.56 Å². The maximum Gasteiger partial charge on any atom is 0.192 e. The molecule has 0 aliphatic rings. The largest absolute Gasteiger partial charge is 0.269 e. The molecule has 0 unspecified atom stereocenters. The highest BCUT2D eigenvalue weighted by molar-refractivity contribution is 7.34. The van der Waals surface area contributed by atoms with Crippen LogP contribution < -0.4 is 5.30 Å². The number of aromatic nitrogens is 3. The van der Waals surface area contributed by atoms with E-state index in [0.29, 0.717) is 11.0 Å². The summed E-state index contributed by atoms with van der Waals surface area (Å²) in [7, 11) is -0.0349. The Balaban J connectivity index is 1.91. The fraction of sp³-hybridized carbons (Fsp3) is 0.0455. The molecule has 3 heterocycles. The van der Waals surface area contributed by atoms with E-state index in [-0.39, 0.29) is 8.46 Å². The molecule has 27 heavy (non-hydrogen) atoms. The Morgan fingerprint density at radius 2 is 1.44 bits per heavy atom. The van der Waals surface area contributed by atoms with E-state index in [0.717, 1.165) is 28.2 Å². The van der Waals surface area contributed by atoms with Crippen molar-refractivity contribution in [1.29, 1.82) is 0 Å². The van der Waals surface area contributed by atoms with Gasteiger partial charge in [0.1, 0.15) is 0 Å². The summed E-state index contributed by atoms with van der Waals surface area (Å²) in [5.74, 6) is 0. The van der Waals surface area contributed by atoms with Crippen molar-refractivity contribution in [3.05, 3.63) is 84.7 Å². The quantitative estimate of drug-likeness (QED) is 0.470. The van der Waals surface area contributed by atoms with Gasteiger partial charge in [0.2, 0.25) is 0 Å². The molecule has 0 aliphatic carbocycles. The van der Waals surface area contributed by atoms with Gasteiger partial charge in [-0.3, -0.25) is 14.5 Å². The first-order valence-corrected chi connectivity index (χ1v) is 9.34. The highest BCUT2D eigenvalue weighted by atomic mass is 31.1. The molecule has 3 aromatic heterocycles. The van der Waals surface area contributed by atoms with E-state index in [2.05, 4.69) is 41.2 Å². The molecule has 0 atom stereocenters. The first kappa shape index (κ1) is 17.2. The zero-order chi connectivity index (χ0) is 18.6. The Kier molecular flexibility index (Phi) is 4.82. The lowest BCUT2D eigenvalue weighted by Gasteiger charge is -2.10. The van der Waals surface area contributed by atoms with Crippen LogP contribution in [-0.2, 0) is 4.57 Å². The van der Waals surface area contributed by atoms with E-state index >= 15 is 0 Å². The molecular formula is C22H16N3OP. The van der Waals surface area contributed by atoms with Gasteiger partial charge in [-0.05, 0) is 54.4 Å². The Bertz CT molecular complexity index is 1100. The molecule has 0 saturated heterocycles. The lowest BCUT2D eigenvalue weighted by molar-refractivity contribution is 0.603. The molecule has 0 radical (unpaired) electrons. The van der Waals surface area contributed by atoms with Crippen LogP contribution in [0.3, 0.4) is 0 Å². The van der Waals surface area contributed by atoms with E-state index in [1.807, 2.05) is 30.3 Å². The van der Waals surface area contributed by atoms with Gasteiger partial charge in [0.25, 0.3) is 0 Å². The van der Waals surface area contributed by atoms with Gasteiger partial charge in [0.15, 0.2) is 8.46 Å². The van der Waals surface area contributed by atoms with Crippen molar-refractivity contribution < 1.29 is 4.57 Å². The van der Waals surface area contributed by atoms with Crippen LogP contribution in [0.25, 0.3) is 33.9 Å². The predicted molar refractivity (Wildman–Crippen MR) is 108 cm³/mol. The fourth-order valence-corrected chi connectivity index (χ4v) is 3.14. The smallest absolute Gasteiger partial charge is 0.192 e. The Labute approximate surface area is 159 Å². The van der Waals surface area contributed by atoms with Crippen LogP contribution in [0.15, 0.2) is 79.1 Å². The van der Waals surface area contributed by atoms with Crippen LogP contribution in [0.5, 0.6) is 0 Å². The van der Waals surface area contributed by atoms with E-state index in [1.54, 1.807) is 24.5 Å².